The summed E-state index contributed by atoms with van der Waals surface area (Å²) in [5.41, 5.74) is 2.69. The Balaban J connectivity index is 1.69. The molecule has 7 heteroatoms. The first-order valence-corrected chi connectivity index (χ1v) is 11.0. The Morgan fingerprint density at radius 1 is 1.06 bits per heavy atom. The number of carbonyl (C=O) groups is 1. The Morgan fingerprint density at radius 2 is 1.77 bits per heavy atom. The van der Waals surface area contributed by atoms with E-state index in [1.807, 2.05) is 61.5 Å². The lowest BCUT2D eigenvalue weighted by Gasteiger charge is -2.16. The molecule has 4 rings (SSSR count). The number of anilines is 1. The number of fused-ring (bicyclic) bond motifs is 1. The highest BCUT2D eigenvalue weighted by molar-refractivity contribution is 8.00. The van der Waals surface area contributed by atoms with Crippen molar-refractivity contribution in [1.29, 1.82) is 0 Å². The molecule has 31 heavy (non-hydrogen) atoms. The fourth-order valence-corrected chi connectivity index (χ4v) is 4.23. The minimum Gasteiger partial charge on any atom is -0.325 e. The second kappa shape index (κ2) is 8.96. The van der Waals surface area contributed by atoms with Crippen LogP contribution < -0.4 is 10.9 Å². The lowest BCUT2D eigenvalue weighted by atomic mass is 10.2. The van der Waals surface area contributed by atoms with Crippen molar-refractivity contribution in [3.05, 3.63) is 93.7 Å². The van der Waals surface area contributed by atoms with E-state index in [-0.39, 0.29) is 11.5 Å². The summed E-state index contributed by atoms with van der Waals surface area (Å²) in [6.07, 6.45) is 0. The van der Waals surface area contributed by atoms with Crippen LogP contribution in [-0.4, -0.2) is 20.7 Å². The number of hydrogen-bond acceptors (Lipinski definition) is 4. The molecule has 0 aliphatic rings. The molecule has 0 aliphatic carbocycles. The molecule has 5 nitrogen and oxygen atoms in total. The zero-order valence-corrected chi connectivity index (χ0v) is 18.6. The summed E-state index contributed by atoms with van der Waals surface area (Å²) >= 11 is 7.40. The number of rotatable bonds is 5. The number of aromatic nitrogens is 2. The van der Waals surface area contributed by atoms with Crippen LogP contribution in [0.1, 0.15) is 12.5 Å². The fourth-order valence-electron chi connectivity index (χ4n) is 3.12. The highest BCUT2D eigenvalue weighted by Gasteiger charge is 2.20. The topological polar surface area (TPSA) is 64.0 Å². The molecule has 0 saturated carbocycles. The van der Waals surface area contributed by atoms with Gasteiger partial charge in [-0.15, -0.1) is 0 Å². The van der Waals surface area contributed by atoms with Crippen molar-refractivity contribution in [2.75, 3.05) is 5.32 Å². The largest absolute Gasteiger partial charge is 0.325 e. The molecule has 1 N–H and O–H groups in total. The predicted octanol–water partition coefficient (Wildman–Crippen LogP) is 5.47. The maximum atomic E-state index is 13.3. The van der Waals surface area contributed by atoms with Crippen molar-refractivity contribution in [1.82, 2.24) is 9.55 Å². The van der Waals surface area contributed by atoms with Crippen LogP contribution in [0.2, 0.25) is 5.02 Å². The van der Waals surface area contributed by atoms with Crippen LogP contribution >= 0.6 is 23.4 Å². The van der Waals surface area contributed by atoms with E-state index in [0.29, 0.717) is 32.5 Å². The molecule has 0 aliphatic heterocycles. The van der Waals surface area contributed by atoms with Crippen molar-refractivity contribution in [3.63, 3.8) is 0 Å². The van der Waals surface area contributed by atoms with Crippen LogP contribution in [0, 0.1) is 6.92 Å². The van der Waals surface area contributed by atoms with Gasteiger partial charge in [0.15, 0.2) is 5.16 Å². The molecule has 1 unspecified atom stereocenters. The van der Waals surface area contributed by atoms with Crippen LogP contribution in [0.4, 0.5) is 5.69 Å². The van der Waals surface area contributed by atoms with Gasteiger partial charge in [-0.25, -0.2) is 4.98 Å². The number of nitrogens with zero attached hydrogens (tertiary/aromatic N) is 2. The molecular formula is C24H20ClN3O2S. The van der Waals surface area contributed by atoms with Gasteiger partial charge in [-0.05, 0) is 55.8 Å². The zero-order chi connectivity index (χ0) is 22.0. The van der Waals surface area contributed by atoms with Gasteiger partial charge in [0, 0.05) is 10.7 Å². The Morgan fingerprint density at radius 3 is 2.52 bits per heavy atom. The molecule has 1 aromatic heterocycles. The SMILES string of the molecule is Cc1ccc(NC(=O)C(C)Sc2nc3ccccc3c(=O)n2-c2ccccc2)cc1Cl. The van der Waals surface area contributed by atoms with E-state index in [1.165, 1.54) is 11.8 Å². The second-order valence-electron chi connectivity index (χ2n) is 7.10. The Bertz CT molecular complexity index is 1320. The summed E-state index contributed by atoms with van der Waals surface area (Å²) in [5, 5.41) is 3.96. The number of carbonyl (C=O) groups excluding carboxylic acids is 1. The third-order valence-electron chi connectivity index (χ3n) is 4.85. The van der Waals surface area contributed by atoms with E-state index in [1.54, 1.807) is 29.7 Å². The quantitative estimate of drug-likeness (QED) is 0.324. The molecule has 156 valence electrons. The van der Waals surface area contributed by atoms with E-state index in [9.17, 15) is 9.59 Å². The third kappa shape index (κ3) is 4.50. The van der Waals surface area contributed by atoms with E-state index < -0.39 is 5.25 Å². The maximum absolute atomic E-state index is 13.3. The highest BCUT2D eigenvalue weighted by atomic mass is 35.5. The van der Waals surface area contributed by atoms with E-state index in [2.05, 4.69) is 5.32 Å². The second-order valence-corrected chi connectivity index (χ2v) is 8.82. The summed E-state index contributed by atoms with van der Waals surface area (Å²) in [6.45, 7) is 3.69. The molecule has 1 heterocycles. The molecule has 3 aromatic carbocycles. The molecule has 0 spiro atoms. The lowest BCUT2D eigenvalue weighted by Crippen LogP contribution is -2.26. The number of nitrogens with one attached hydrogen (secondary N) is 1. The van der Waals surface area contributed by atoms with Gasteiger partial charge in [0.2, 0.25) is 5.91 Å². The molecule has 4 aromatic rings. The minimum absolute atomic E-state index is 0.169. The predicted molar refractivity (Wildman–Crippen MR) is 127 cm³/mol. The van der Waals surface area contributed by atoms with E-state index >= 15 is 0 Å². The fraction of sp³-hybridized carbons (Fsp3) is 0.125. The first-order valence-electron chi connectivity index (χ1n) is 9.75. The van der Waals surface area contributed by atoms with Crippen molar-refractivity contribution >= 4 is 45.9 Å². The summed E-state index contributed by atoms with van der Waals surface area (Å²) in [5.74, 6) is -0.202. The van der Waals surface area contributed by atoms with Crippen LogP contribution in [0.25, 0.3) is 16.6 Å². The number of benzene rings is 3. The van der Waals surface area contributed by atoms with Gasteiger partial charge in [-0.1, -0.05) is 59.8 Å². The van der Waals surface area contributed by atoms with Crippen molar-refractivity contribution in [3.8, 4) is 5.69 Å². The lowest BCUT2D eigenvalue weighted by molar-refractivity contribution is -0.115. The summed E-state index contributed by atoms with van der Waals surface area (Å²) in [4.78, 5) is 30.8. The van der Waals surface area contributed by atoms with Gasteiger partial charge in [0.25, 0.3) is 5.56 Å². The smallest absolute Gasteiger partial charge is 0.266 e. The van der Waals surface area contributed by atoms with E-state index in [4.69, 9.17) is 16.6 Å². The molecule has 0 bridgehead atoms. The molecule has 0 saturated heterocycles. The normalized spacial score (nSPS) is 12.0. The number of hydrogen-bond donors (Lipinski definition) is 1. The highest BCUT2D eigenvalue weighted by Crippen LogP contribution is 2.26. The number of amides is 1. The molecular weight excluding hydrogens is 430 g/mol. The standard InChI is InChI=1S/C24H20ClN3O2S/c1-15-12-13-17(14-20(15)25)26-22(29)16(2)31-24-27-21-11-7-6-10-19(21)23(30)28(24)18-8-4-3-5-9-18/h3-14,16H,1-2H3,(H,26,29). The monoisotopic (exact) mass is 449 g/mol. The Kier molecular flexibility index (Phi) is 6.11. The van der Waals surface area contributed by atoms with Gasteiger partial charge < -0.3 is 5.32 Å². The van der Waals surface area contributed by atoms with Crippen LogP contribution in [0.3, 0.4) is 0 Å². The maximum Gasteiger partial charge on any atom is 0.266 e. The van der Waals surface area contributed by atoms with Crippen molar-refractivity contribution in [2.24, 2.45) is 0 Å². The first-order chi connectivity index (χ1) is 14.9. The van der Waals surface area contributed by atoms with Crippen LogP contribution in [0.5, 0.6) is 0 Å². The van der Waals surface area contributed by atoms with E-state index in [0.717, 1.165) is 5.56 Å². The molecule has 0 fully saturated rings. The first kappa shape index (κ1) is 21.2. The average Bonchev–Trinajstić information content (AvgIpc) is 2.77. The zero-order valence-electron chi connectivity index (χ0n) is 17.0. The van der Waals surface area contributed by atoms with Crippen molar-refractivity contribution in [2.45, 2.75) is 24.3 Å². The van der Waals surface area contributed by atoms with Gasteiger partial charge >= 0.3 is 0 Å². The minimum atomic E-state index is -0.497. The third-order valence-corrected chi connectivity index (χ3v) is 6.31. The van der Waals surface area contributed by atoms with Crippen LogP contribution in [0.15, 0.2) is 82.7 Å². The van der Waals surface area contributed by atoms with Gasteiger partial charge in [0.1, 0.15) is 0 Å². The average molecular weight is 450 g/mol. The summed E-state index contributed by atoms with van der Waals surface area (Å²) < 4.78 is 1.56. The summed E-state index contributed by atoms with van der Waals surface area (Å²) in [7, 11) is 0. The van der Waals surface area contributed by atoms with Gasteiger partial charge in [-0.2, -0.15) is 0 Å². The van der Waals surface area contributed by atoms with Gasteiger partial charge in [0.05, 0.1) is 21.8 Å². The molecule has 1 amide bonds. The van der Waals surface area contributed by atoms with Crippen LogP contribution in [-0.2, 0) is 4.79 Å². The number of aryl methyl sites for hydroxylation is 1. The number of halogens is 1. The molecule has 0 radical (unpaired) electrons. The Labute approximate surface area is 189 Å². The summed E-state index contributed by atoms with van der Waals surface area (Å²) in [6, 6.07) is 21.9. The van der Waals surface area contributed by atoms with Crippen molar-refractivity contribution < 1.29 is 4.79 Å². The molecule has 1 atom stereocenters. The Hall–Kier alpha value is -3.09. The number of thioether (sulfide) groups is 1. The number of para-hydroxylation sites is 2. The van der Waals surface area contributed by atoms with Gasteiger partial charge in [-0.3, -0.25) is 14.2 Å².